The fraction of sp³-hybridized carbons (Fsp3) is 0.526. The van der Waals surface area contributed by atoms with Crippen molar-refractivity contribution in [2.75, 3.05) is 26.4 Å². The largest absolute Gasteiger partial charge is 0.491 e. The van der Waals surface area contributed by atoms with Crippen LogP contribution in [0.1, 0.15) is 17.5 Å². The highest BCUT2D eigenvalue weighted by atomic mass is 32.1. The lowest BCUT2D eigenvalue weighted by Gasteiger charge is -2.56. The number of nitrogen functional groups attached to an aromatic ring is 1. The maximum Gasteiger partial charge on any atom is 0.181 e. The Morgan fingerprint density at radius 1 is 1.46 bits per heavy atom. The van der Waals surface area contributed by atoms with Crippen LogP contribution in [0.15, 0.2) is 12.2 Å². The minimum absolute atomic E-state index is 0.200. The summed E-state index contributed by atoms with van der Waals surface area (Å²) in [5, 5.41) is 11.3. The van der Waals surface area contributed by atoms with Crippen LogP contribution in [0.25, 0.3) is 10.2 Å². The first kappa shape index (κ1) is 15.2. The number of aliphatic hydroxyl groups is 1. The number of rotatable bonds is 1. The summed E-state index contributed by atoms with van der Waals surface area (Å²) in [6.45, 7) is 1.00. The minimum Gasteiger partial charge on any atom is -0.491 e. The highest BCUT2D eigenvalue weighted by molar-refractivity contribution is 7.22. The first-order chi connectivity index (χ1) is 12.6. The lowest BCUT2D eigenvalue weighted by molar-refractivity contribution is -0.0452. The van der Waals surface area contributed by atoms with Crippen LogP contribution in [-0.2, 0) is 11.8 Å². The van der Waals surface area contributed by atoms with Crippen molar-refractivity contribution < 1.29 is 14.6 Å². The molecular weight excluding hydrogens is 350 g/mol. The molecule has 0 saturated carbocycles. The van der Waals surface area contributed by atoms with Crippen LogP contribution >= 0.6 is 11.3 Å². The van der Waals surface area contributed by atoms with Gasteiger partial charge in [-0.2, -0.15) is 0 Å². The number of piperidine rings is 1. The molecule has 26 heavy (non-hydrogen) atoms. The topological polar surface area (TPSA) is 80.8 Å². The Kier molecular flexibility index (Phi) is 2.76. The van der Waals surface area contributed by atoms with E-state index in [0.717, 1.165) is 41.1 Å². The molecule has 0 radical (unpaired) electrons. The van der Waals surface area contributed by atoms with Crippen molar-refractivity contribution in [1.82, 2.24) is 9.88 Å². The van der Waals surface area contributed by atoms with Crippen LogP contribution in [0.5, 0.6) is 11.5 Å². The van der Waals surface area contributed by atoms with E-state index in [1.165, 1.54) is 22.5 Å². The number of likely N-dealkylation sites (tertiary alicyclic amines) is 1. The van der Waals surface area contributed by atoms with Crippen molar-refractivity contribution in [3.05, 3.63) is 23.3 Å². The Hall–Kier alpha value is -1.83. The number of thiazole rings is 1. The molecule has 6 nitrogen and oxygen atoms in total. The van der Waals surface area contributed by atoms with Gasteiger partial charge in [0, 0.05) is 22.9 Å². The zero-order valence-corrected chi connectivity index (χ0v) is 15.5. The highest BCUT2D eigenvalue weighted by Gasteiger charge is 2.64. The number of likely N-dealkylation sites (N-methyl/N-ethyl adjacent to an activating group) is 1. The molecule has 0 amide bonds. The zero-order valence-electron chi connectivity index (χ0n) is 14.7. The molecule has 1 aromatic carbocycles. The molecule has 136 valence electrons. The molecule has 3 heterocycles. The zero-order chi connectivity index (χ0) is 17.8. The predicted octanol–water partition coefficient (Wildman–Crippen LogP) is 1.69. The SMILES string of the molecule is COc1c2c3c(c4nc(N)sc14)C[C@@H]1[C@@H]4C=C[C@H](O)[C@H](O2)[C@]34CCN1C. The summed E-state index contributed by atoms with van der Waals surface area (Å²) < 4.78 is 13.2. The number of nitrogens with two attached hydrogens (primary N) is 1. The quantitative estimate of drug-likeness (QED) is 0.743. The van der Waals surface area contributed by atoms with Crippen molar-refractivity contribution in [3.8, 4) is 11.5 Å². The number of fused-ring (bicyclic) bond motifs is 2. The molecule has 7 heteroatoms. The Labute approximate surface area is 155 Å². The van der Waals surface area contributed by atoms with Crippen LogP contribution in [0.3, 0.4) is 0 Å². The van der Waals surface area contributed by atoms with Gasteiger partial charge in [-0.15, -0.1) is 0 Å². The third-order valence-electron chi connectivity index (χ3n) is 6.99. The van der Waals surface area contributed by atoms with E-state index in [1.807, 2.05) is 6.08 Å². The van der Waals surface area contributed by atoms with Gasteiger partial charge in [-0.05, 0) is 32.0 Å². The molecule has 3 N–H and O–H groups in total. The molecule has 1 aromatic heterocycles. The van der Waals surface area contributed by atoms with E-state index in [9.17, 15) is 5.11 Å². The number of nitrogens with zero attached hydrogens (tertiary/aromatic N) is 2. The summed E-state index contributed by atoms with van der Waals surface area (Å²) in [5.74, 6) is 1.86. The molecule has 2 aromatic rings. The maximum atomic E-state index is 10.8. The number of methoxy groups -OCH3 is 1. The molecule has 2 aliphatic heterocycles. The molecule has 1 saturated heterocycles. The first-order valence-corrected chi connectivity index (χ1v) is 9.90. The summed E-state index contributed by atoms with van der Waals surface area (Å²) in [5.41, 5.74) is 9.26. The average Bonchev–Trinajstić information content (AvgIpc) is 3.16. The number of aliphatic hydroxyl groups excluding tert-OH is 1. The van der Waals surface area contributed by atoms with Crippen molar-refractivity contribution in [2.24, 2.45) is 5.92 Å². The molecule has 0 unspecified atom stereocenters. The van der Waals surface area contributed by atoms with Gasteiger partial charge in [-0.3, -0.25) is 0 Å². The molecule has 2 bridgehead atoms. The lowest BCUT2D eigenvalue weighted by atomic mass is 9.53. The van der Waals surface area contributed by atoms with Gasteiger partial charge in [0.25, 0.3) is 0 Å². The van der Waals surface area contributed by atoms with Gasteiger partial charge >= 0.3 is 0 Å². The van der Waals surface area contributed by atoms with Gasteiger partial charge < -0.3 is 25.2 Å². The van der Waals surface area contributed by atoms with E-state index < -0.39 is 6.10 Å². The smallest absolute Gasteiger partial charge is 0.181 e. The van der Waals surface area contributed by atoms with Crippen molar-refractivity contribution in [1.29, 1.82) is 0 Å². The Morgan fingerprint density at radius 2 is 2.31 bits per heavy atom. The second-order valence-corrected chi connectivity index (χ2v) is 8.96. The van der Waals surface area contributed by atoms with Crippen molar-refractivity contribution >= 4 is 26.7 Å². The summed E-state index contributed by atoms with van der Waals surface area (Å²) in [6.07, 6.45) is 5.16. The monoisotopic (exact) mass is 371 g/mol. The molecular formula is C19H21N3O3S. The summed E-state index contributed by atoms with van der Waals surface area (Å²) >= 11 is 1.45. The fourth-order valence-corrected chi connectivity index (χ4v) is 6.85. The van der Waals surface area contributed by atoms with E-state index in [4.69, 9.17) is 15.2 Å². The van der Waals surface area contributed by atoms with E-state index in [2.05, 4.69) is 23.0 Å². The number of benzene rings is 1. The number of anilines is 1. The lowest BCUT2D eigenvalue weighted by Crippen LogP contribution is -2.64. The van der Waals surface area contributed by atoms with Crippen molar-refractivity contribution in [2.45, 2.75) is 36.5 Å². The van der Waals surface area contributed by atoms with Crippen LogP contribution < -0.4 is 15.2 Å². The van der Waals surface area contributed by atoms with E-state index in [1.54, 1.807) is 7.11 Å². The molecule has 1 spiro atoms. The van der Waals surface area contributed by atoms with E-state index >= 15 is 0 Å². The Bertz CT molecular complexity index is 986. The molecule has 1 fully saturated rings. The molecule has 4 aliphatic rings. The number of aromatic nitrogens is 1. The summed E-state index contributed by atoms with van der Waals surface area (Å²) in [7, 11) is 3.87. The van der Waals surface area contributed by atoms with Gasteiger partial charge in [0.2, 0.25) is 0 Å². The van der Waals surface area contributed by atoms with Crippen LogP contribution in [0, 0.1) is 5.92 Å². The predicted molar refractivity (Wildman–Crippen MR) is 100 cm³/mol. The minimum atomic E-state index is -0.602. The normalized spacial score (nSPS) is 36.9. The Morgan fingerprint density at radius 3 is 3.12 bits per heavy atom. The second-order valence-electron chi connectivity index (χ2n) is 7.93. The third kappa shape index (κ3) is 1.51. The van der Waals surface area contributed by atoms with Gasteiger partial charge in [-0.25, -0.2) is 4.98 Å². The van der Waals surface area contributed by atoms with Gasteiger partial charge in [0.15, 0.2) is 16.6 Å². The van der Waals surface area contributed by atoms with Crippen LogP contribution in [0.4, 0.5) is 5.13 Å². The van der Waals surface area contributed by atoms with Gasteiger partial charge in [0.1, 0.15) is 16.9 Å². The number of ether oxygens (including phenoxy) is 2. The summed E-state index contributed by atoms with van der Waals surface area (Å²) in [6, 6.07) is 0.386. The molecule has 6 rings (SSSR count). The van der Waals surface area contributed by atoms with Gasteiger partial charge in [-0.1, -0.05) is 23.5 Å². The molecule has 2 aliphatic carbocycles. The Balaban J connectivity index is 1.76. The average molecular weight is 371 g/mol. The van der Waals surface area contributed by atoms with Crippen LogP contribution in [-0.4, -0.2) is 53.9 Å². The number of hydrogen-bond donors (Lipinski definition) is 2. The van der Waals surface area contributed by atoms with Crippen LogP contribution in [0.2, 0.25) is 0 Å². The van der Waals surface area contributed by atoms with Gasteiger partial charge in [0.05, 0.1) is 12.6 Å². The first-order valence-electron chi connectivity index (χ1n) is 9.09. The number of hydrogen-bond acceptors (Lipinski definition) is 7. The standard InChI is InChI=1S/C19H21N3O3S/c1-22-6-5-19-9-3-4-11(23)17(19)25-14-12(19)8(7-10(9)22)13-16(15(14)24-2)26-18(20)21-13/h3-4,9-11,17,23H,5-7H2,1-2H3,(H2,20,21)/t9-,10+,11-,17-,19-/m0/s1. The van der Waals surface area contributed by atoms with E-state index in [0.29, 0.717) is 17.1 Å². The maximum absolute atomic E-state index is 10.8. The highest BCUT2D eigenvalue weighted by Crippen LogP contribution is 2.64. The van der Waals surface area contributed by atoms with E-state index in [-0.39, 0.29) is 11.5 Å². The summed E-state index contributed by atoms with van der Waals surface area (Å²) in [4.78, 5) is 7.11. The van der Waals surface area contributed by atoms with Crippen molar-refractivity contribution in [3.63, 3.8) is 0 Å². The third-order valence-corrected chi connectivity index (χ3v) is 7.87. The fourth-order valence-electron chi connectivity index (χ4n) is 5.97. The molecule has 5 atom stereocenters. The second kappa shape index (κ2) is 4.71.